The second kappa shape index (κ2) is 5.57. The van der Waals surface area contributed by atoms with E-state index in [0.29, 0.717) is 24.3 Å². The van der Waals surface area contributed by atoms with Gasteiger partial charge in [-0.15, -0.1) is 11.3 Å². The monoisotopic (exact) mass is 301 g/mol. The molecule has 2 amide bonds. The van der Waals surface area contributed by atoms with Crippen LogP contribution in [-0.4, -0.2) is 25.4 Å². The highest BCUT2D eigenvalue weighted by Gasteiger charge is 2.20. The van der Waals surface area contributed by atoms with Crippen LogP contribution in [0.3, 0.4) is 0 Å². The van der Waals surface area contributed by atoms with E-state index in [9.17, 15) is 9.59 Å². The maximum Gasteiger partial charge on any atom is 0.251 e. The van der Waals surface area contributed by atoms with Crippen LogP contribution in [0.15, 0.2) is 35.7 Å². The first kappa shape index (κ1) is 13.6. The van der Waals surface area contributed by atoms with Crippen LogP contribution < -0.4 is 15.5 Å². The molecule has 0 unspecified atom stereocenters. The fraction of sp³-hybridized carbons (Fsp3) is 0.200. The number of amides is 2. The van der Waals surface area contributed by atoms with Crippen LogP contribution in [0.2, 0.25) is 0 Å². The Bertz CT molecular complexity index is 682. The molecule has 1 aromatic carbocycles. The van der Waals surface area contributed by atoms with Crippen LogP contribution in [0.25, 0.3) is 0 Å². The molecule has 0 fully saturated rings. The Balaban J connectivity index is 1.75. The summed E-state index contributed by atoms with van der Waals surface area (Å²) >= 11 is 1.61. The lowest BCUT2D eigenvalue weighted by Crippen LogP contribution is -2.35. The minimum atomic E-state index is -0.145. The number of hydrogen-bond acceptors (Lipinski definition) is 4. The zero-order valence-corrected chi connectivity index (χ0v) is 12.4. The van der Waals surface area contributed by atoms with Crippen molar-refractivity contribution < 1.29 is 9.59 Å². The molecule has 0 spiro atoms. The summed E-state index contributed by atoms with van der Waals surface area (Å²) in [5, 5.41) is 7.65. The van der Waals surface area contributed by atoms with E-state index in [1.807, 2.05) is 35.5 Å². The Morgan fingerprint density at radius 3 is 3.05 bits per heavy atom. The number of rotatable bonds is 3. The summed E-state index contributed by atoms with van der Waals surface area (Å²) in [6, 6.07) is 9.28. The van der Waals surface area contributed by atoms with E-state index in [2.05, 4.69) is 10.6 Å². The molecule has 108 valence electrons. The van der Waals surface area contributed by atoms with Crippen molar-refractivity contribution in [3.05, 3.63) is 46.2 Å². The van der Waals surface area contributed by atoms with Gasteiger partial charge < -0.3 is 15.5 Å². The van der Waals surface area contributed by atoms with E-state index in [0.717, 1.165) is 10.6 Å². The molecule has 1 aromatic heterocycles. The van der Waals surface area contributed by atoms with Crippen molar-refractivity contribution in [2.45, 2.75) is 6.54 Å². The second-order valence-corrected chi connectivity index (χ2v) is 5.93. The molecule has 0 bridgehead atoms. The van der Waals surface area contributed by atoms with E-state index in [1.165, 1.54) is 0 Å². The van der Waals surface area contributed by atoms with Gasteiger partial charge in [0.25, 0.3) is 5.91 Å². The number of thiophene rings is 1. The minimum Gasteiger partial charge on any atom is -0.364 e. The Kier molecular flexibility index (Phi) is 3.62. The first-order valence-corrected chi connectivity index (χ1v) is 7.47. The topological polar surface area (TPSA) is 61.4 Å². The number of benzene rings is 1. The van der Waals surface area contributed by atoms with Crippen LogP contribution in [-0.2, 0) is 11.3 Å². The van der Waals surface area contributed by atoms with Crippen molar-refractivity contribution in [3.8, 4) is 0 Å². The highest BCUT2D eigenvalue weighted by atomic mass is 32.1. The van der Waals surface area contributed by atoms with E-state index < -0.39 is 0 Å². The van der Waals surface area contributed by atoms with Gasteiger partial charge in [-0.2, -0.15) is 0 Å². The van der Waals surface area contributed by atoms with Crippen molar-refractivity contribution >= 4 is 34.5 Å². The van der Waals surface area contributed by atoms with Crippen LogP contribution in [0.5, 0.6) is 0 Å². The van der Waals surface area contributed by atoms with Gasteiger partial charge in [0.1, 0.15) is 0 Å². The first-order valence-electron chi connectivity index (χ1n) is 6.59. The molecule has 1 aliphatic heterocycles. The average molecular weight is 301 g/mol. The highest BCUT2D eigenvalue weighted by molar-refractivity contribution is 7.09. The minimum absolute atomic E-state index is 0.0684. The molecule has 21 heavy (non-hydrogen) atoms. The number of anilines is 2. The van der Waals surface area contributed by atoms with Gasteiger partial charge in [-0.05, 0) is 29.6 Å². The van der Waals surface area contributed by atoms with Gasteiger partial charge in [-0.3, -0.25) is 9.59 Å². The molecule has 0 radical (unpaired) electrons. The van der Waals surface area contributed by atoms with Gasteiger partial charge >= 0.3 is 0 Å². The standard InChI is InChI=1S/C15H15N3O2S/c1-18-9-14(19)17-12-7-10(4-5-13(12)18)15(20)16-8-11-3-2-6-21-11/h2-7H,8-9H2,1H3,(H,16,20)(H,17,19). The van der Waals surface area contributed by atoms with Crippen LogP contribution >= 0.6 is 11.3 Å². The summed E-state index contributed by atoms with van der Waals surface area (Å²) in [6.07, 6.45) is 0. The Labute approximate surface area is 126 Å². The predicted octanol–water partition coefficient (Wildman–Crippen LogP) is 2.07. The largest absolute Gasteiger partial charge is 0.364 e. The van der Waals surface area contributed by atoms with Gasteiger partial charge in [0.15, 0.2) is 0 Å². The molecule has 2 heterocycles. The zero-order chi connectivity index (χ0) is 14.8. The third kappa shape index (κ3) is 2.90. The average Bonchev–Trinajstić information content (AvgIpc) is 2.97. The van der Waals surface area contributed by atoms with Gasteiger partial charge in [-0.25, -0.2) is 0 Å². The quantitative estimate of drug-likeness (QED) is 0.912. The number of carbonyl (C=O) groups excluding carboxylic acids is 2. The van der Waals surface area contributed by atoms with E-state index in [4.69, 9.17) is 0 Å². The number of likely N-dealkylation sites (N-methyl/N-ethyl adjacent to an activating group) is 1. The van der Waals surface area contributed by atoms with E-state index >= 15 is 0 Å². The smallest absolute Gasteiger partial charge is 0.251 e. The van der Waals surface area contributed by atoms with Crippen LogP contribution in [0, 0.1) is 0 Å². The highest BCUT2D eigenvalue weighted by Crippen LogP contribution is 2.29. The van der Waals surface area contributed by atoms with Crippen LogP contribution in [0.1, 0.15) is 15.2 Å². The molecule has 2 aromatic rings. The lowest BCUT2D eigenvalue weighted by atomic mass is 10.1. The lowest BCUT2D eigenvalue weighted by molar-refractivity contribution is -0.115. The molecular formula is C15H15N3O2S. The van der Waals surface area contributed by atoms with Gasteiger partial charge in [0.05, 0.1) is 24.5 Å². The summed E-state index contributed by atoms with van der Waals surface area (Å²) in [6.45, 7) is 0.844. The molecular weight excluding hydrogens is 286 g/mol. The molecule has 5 nitrogen and oxygen atoms in total. The molecule has 3 rings (SSSR count). The number of carbonyl (C=O) groups is 2. The maximum atomic E-state index is 12.2. The SMILES string of the molecule is CN1CC(=O)Nc2cc(C(=O)NCc3cccs3)ccc21. The fourth-order valence-electron chi connectivity index (χ4n) is 2.28. The molecule has 0 saturated heterocycles. The van der Waals surface area contributed by atoms with Crippen molar-refractivity contribution in [3.63, 3.8) is 0 Å². The van der Waals surface area contributed by atoms with Crippen molar-refractivity contribution in [1.29, 1.82) is 0 Å². The lowest BCUT2D eigenvalue weighted by Gasteiger charge is -2.27. The zero-order valence-electron chi connectivity index (χ0n) is 11.6. The number of fused-ring (bicyclic) bond motifs is 1. The predicted molar refractivity (Wildman–Crippen MR) is 83.8 cm³/mol. The van der Waals surface area contributed by atoms with E-state index in [-0.39, 0.29) is 11.8 Å². The third-order valence-corrected chi connectivity index (χ3v) is 4.20. The van der Waals surface area contributed by atoms with Crippen molar-refractivity contribution in [2.75, 3.05) is 23.8 Å². The first-order chi connectivity index (χ1) is 10.1. The second-order valence-electron chi connectivity index (χ2n) is 4.90. The molecule has 0 saturated carbocycles. The van der Waals surface area contributed by atoms with Gasteiger partial charge in [0.2, 0.25) is 5.91 Å². The Morgan fingerprint density at radius 1 is 1.43 bits per heavy atom. The Morgan fingerprint density at radius 2 is 2.29 bits per heavy atom. The number of nitrogens with zero attached hydrogens (tertiary/aromatic N) is 1. The molecule has 0 aliphatic carbocycles. The molecule has 1 aliphatic rings. The molecule has 0 atom stereocenters. The van der Waals surface area contributed by atoms with Gasteiger partial charge in [-0.1, -0.05) is 6.07 Å². The summed E-state index contributed by atoms with van der Waals surface area (Å²) in [5.41, 5.74) is 2.14. The van der Waals surface area contributed by atoms with Crippen LogP contribution in [0.4, 0.5) is 11.4 Å². The van der Waals surface area contributed by atoms with E-state index in [1.54, 1.807) is 23.5 Å². The summed E-state index contributed by atoms with van der Waals surface area (Å²) in [5.74, 6) is -0.213. The number of hydrogen-bond donors (Lipinski definition) is 2. The fourth-order valence-corrected chi connectivity index (χ4v) is 2.93. The van der Waals surface area contributed by atoms with Crippen molar-refractivity contribution in [2.24, 2.45) is 0 Å². The Hall–Kier alpha value is -2.34. The maximum absolute atomic E-state index is 12.2. The summed E-state index contributed by atoms with van der Waals surface area (Å²) in [7, 11) is 1.86. The number of nitrogens with one attached hydrogen (secondary N) is 2. The normalized spacial score (nSPS) is 13.6. The summed E-state index contributed by atoms with van der Waals surface area (Å²) in [4.78, 5) is 26.7. The van der Waals surface area contributed by atoms with Gasteiger partial charge in [0, 0.05) is 17.5 Å². The van der Waals surface area contributed by atoms with Crippen molar-refractivity contribution in [1.82, 2.24) is 5.32 Å². The third-order valence-electron chi connectivity index (χ3n) is 3.33. The molecule has 2 N–H and O–H groups in total. The summed E-state index contributed by atoms with van der Waals surface area (Å²) < 4.78 is 0. The molecule has 6 heteroatoms.